The molecule has 0 radical (unpaired) electrons. The molecule has 1 atom stereocenters. The van der Waals surface area contributed by atoms with Crippen molar-refractivity contribution in [2.75, 3.05) is 6.61 Å². The maximum Gasteiger partial charge on any atom is 0.333 e. The van der Waals surface area contributed by atoms with E-state index in [2.05, 4.69) is 13.2 Å². The van der Waals surface area contributed by atoms with Crippen LogP contribution in [0.2, 0.25) is 0 Å². The number of hydrogen-bond acceptors (Lipinski definition) is 3. The highest BCUT2D eigenvalue weighted by Gasteiger charge is 2.23. The summed E-state index contributed by atoms with van der Waals surface area (Å²) in [6.07, 6.45) is 6.61. The van der Waals surface area contributed by atoms with Crippen LogP contribution in [0.5, 0.6) is 0 Å². The molecule has 0 aliphatic carbocycles. The first kappa shape index (κ1) is 17.7. The zero-order chi connectivity index (χ0) is 16.6. The van der Waals surface area contributed by atoms with Gasteiger partial charge in [0.25, 0.3) is 0 Å². The van der Waals surface area contributed by atoms with Crippen molar-refractivity contribution >= 4 is 12.0 Å². The van der Waals surface area contributed by atoms with Crippen molar-refractivity contribution in [3.05, 3.63) is 78.4 Å². The highest BCUT2D eigenvalue weighted by molar-refractivity contribution is 5.87. The Morgan fingerprint density at radius 3 is 2.50 bits per heavy atom. The van der Waals surface area contributed by atoms with E-state index >= 15 is 0 Å². The highest BCUT2D eigenvalue weighted by Crippen LogP contribution is 2.16. The highest BCUT2D eigenvalue weighted by atomic mass is 16.5. The van der Waals surface area contributed by atoms with Crippen LogP contribution in [0, 0.1) is 0 Å². The van der Waals surface area contributed by atoms with Crippen molar-refractivity contribution in [3.63, 3.8) is 0 Å². The topological polar surface area (TPSA) is 46.5 Å². The molecule has 3 heteroatoms. The fourth-order valence-corrected chi connectivity index (χ4v) is 1.70. The molecule has 0 aliphatic heterocycles. The molecule has 0 fully saturated rings. The summed E-state index contributed by atoms with van der Waals surface area (Å²) in [6, 6.07) is 9.57. The molecule has 0 saturated heterocycles. The first-order chi connectivity index (χ1) is 10.4. The van der Waals surface area contributed by atoms with Gasteiger partial charge in [-0.3, -0.25) is 0 Å². The first-order valence-corrected chi connectivity index (χ1v) is 6.97. The lowest BCUT2D eigenvalue weighted by atomic mass is 10.00. The predicted octanol–water partition coefficient (Wildman–Crippen LogP) is 3.68. The summed E-state index contributed by atoms with van der Waals surface area (Å²) in [5.74, 6) is -0.531. The summed E-state index contributed by atoms with van der Waals surface area (Å²) in [6.45, 7) is 10.4. The van der Waals surface area contributed by atoms with Crippen LogP contribution in [-0.2, 0) is 9.53 Å². The normalized spacial score (nSPS) is 14.4. The molecule has 3 nitrogen and oxygen atoms in total. The number of benzene rings is 1. The third-order valence-electron chi connectivity index (χ3n) is 2.95. The number of esters is 1. The summed E-state index contributed by atoms with van der Waals surface area (Å²) in [5.41, 5.74) is 0.612. The Morgan fingerprint density at radius 2 is 1.95 bits per heavy atom. The Labute approximate surface area is 131 Å². The van der Waals surface area contributed by atoms with Gasteiger partial charge in [-0.15, -0.1) is 0 Å². The molecular formula is C19H22O3. The Morgan fingerprint density at radius 1 is 1.32 bits per heavy atom. The quantitative estimate of drug-likeness (QED) is 0.474. The SMILES string of the molecule is C=CC(C)=CC(O)(C=Cc1ccccc1)COC(=O)C(=C)C. The monoisotopic (exact) mass is 298 g/mol. The Bertz CT molecular complexity index is 596. The van der Waals surface area contributed by atoms with E-state index < -0.39 is 11.6 Å². The van der Waals surface area contributed by atoms with Gasteiger partial charge in [0.1, 0.15) is 12.2 Å². The number of carbonyl (C=O) groups excluding carboxylic acids is 1. The van der Waals surface area contributed by atoms with Crippen molar-refractivity contribution < 1.29 is 14.6 Å². The molecule has 1 unspecified atom stereocenters. The Hall–Kier alpha value is -2.39. The largest absolute Gasteiger partial charge is 0.459 e. The van der Waals surface area contributed by atoms with E-state index in [4.69, 9.17) is 4.74 Å². The van der Waals surface area contributed by atoms with Gasteiger partial charge < -0.3 is 9.84 Å². The lowest BCUT2D eigenvalue weighted by Gasteiger charge is -2.21. The molecule has 0 aromatic heterocycles. The zero-order valence-corrected chi connectivity index (χ0v) is 13.1. The van der Waals surface area contributed by atoms with Gasteiger partial charge in [0.15, 0.2) is 0 Å². The molecule has 116 valence electrons. The van der Waals surface area contributed by atoms with Crippen molar-refractivity contribution in [3.8, 4) is 0 Å². The van der Waals surface area contributed by atoms with Crippen LogP contribution < -0.4 is 0 Å². The number of allylic oxidation sites excluding steroid dienone is 2. The van der Waals surface area contributed by atoms with Gasteiger partial charge in [0, 0.05) is 5.57 Å². The van der Waals surface area contributed by atoms with Crippen LogP contribution in [0.3, 0.4) is 0 Å². The van der Waals surface area contributed by atoms with Gasteiger partial charge in [0.2, 0.25) is 0 Å². The number of carbonyl (C=O) groups is 1. The molecular weight excluding hydrogens is 276 g/mol. The van der Waals surface area contributed by atoms with Gasteiger partial charge in [0.05, 0.1) is 0 Å². The molecule has 0 heterocycles. The average molecular weight is 298 g/mol. The third-order valence-corrected chi connectivity index (χ3v) is 2.95. The molecule has 1 aromatic rings. The summed E-state index contributed by atoms with van der Waals surface area (Å²) in [5, 5.41) is 10.7. The second kappa shape index (κ2) is 8.15. The minimum atomic E-state index is -1.40. The van der Waals surface area contributed by atoms with Crippen LogP contribution in [-0.4, -0.2) is 23.3 Å². The van der Waals surface area contributed by atoms with E-state index in [0.29, 0.717) is 5.57 Å². The smallest absolute Gasteiger partial charge is 0.333 e. The summed E-state index contributed by atoms with van der Waals surface area (Å²) < 4.78 is 5.08. The van der Waals surface area contributed by atoms with E-state index in [1.54, 1.807) is 31.2 Å². The number of aliphatic hydroxyl groups is 1. The maximum atomic E-state index is 11.5. The van der Waals surface area contributed by atoms with Gasteiger partial charge in [-0.05, 0) is 31.6 Å². The summed E-state index contributed by atoms with van der Waals surface area (Å²) in [4.78, 5) is 11.5. The van der Waals surface area contributed by atoms with Gasteiger partial charge in [-0.2, -0.15) is 0 Å². The van der Waals surface area contributed by atoms with Gasteiger partial charge >= 0.3 is 5.97 Å². The Kier molecular flexibility index (Phi) is 6.54. The maximum absolute atomic E-state index is 11.5. The lowest BCUT2D eigenvalue weighted by Crippen LogP contribution is -2.31. The summed E-state index contributed by atoms with van der Waals surface area (Å²) in [7, 11) is 0. The average Bonchev–Trinajstić information content (AvgIpc) is 2.51. The van der Waals surface area contributed by atoms with Crippen LogP contribution in [0.4, 0.5) is 0 Å². The van der Waals surface area contributed by atoms with E-state index in [9.17, 15) is 9.90 Å². The molecule has 1 rings (SSSR count). The van der Waals surface area contributed by atoms with E-state index in [0.717, 1.165) is 11.1 Å². The van der Waals surface area contributed by atoms with Crippen LogP contribution >= 0.6 is 0 Å². The van der Waals surface area contributed by atoms with Crippen LogP contribution in [0.25, 0.3) is 6.08 Å². The standard InChI is InChI=1S/C19H22O3/c1-5-16(4)13-19(21,14-22-18(20)15(2)3)12-11-17-9-7-6-8-10-17/h5-13,21H,1-2,14H2,3-4H3. The molecule has 22 heavy (non-hydrogen) atoms. The van der Waals surface area contributed by atoms with Crippen molar-refractivity contribution in [1.29, 1.82) is 0 Å². The van der Waals surface area contributed by atoms with Crippen molar-refractivity contribution in [1.82, 2.24) is 0 Å². The Balaban J connectivity index is 2.96. The number of hydrogen-bond donors (Lipinski definition) is 1. The minimum absolute atomic E-state index is 0.187. The molecule has 1 aromatic carbocycles. The molecule has 0 bridgehead atoms. The number of rotatable bonds is 7. The zero-order valence-electron chi connectivity index (χ0n) is 13.1. The molecule has 1 N–H and O–H groups in total. The third kappa shape index (κ3) is 5.94. The van der Waals surface area contributed by atoms with Gasteiger partial charge in [-0.1, -0.05) is 61.2 Å². The van der Waals surface area contributed by atoms with Crippen molar-refractivity contribution in [2.24, 2.45) is 0 Å². The van der Waals surface area contributed by atoms with Crippen molar-refractivity contribution in [2.45, 2.75) is 19.4 Å². The van der Waals surface area contributed by atoms with Gasteiger partial charge in [-0.25, -0.2) is 4.79 Å². The van der Waals surface area contributed by atoms with Crippen LogP contribution in [0.15, 0.2) is 72.9 Å². The van der Waals surface area contributed by atoms with E-state index in [1.807, 2.05) is 37.3 Å². The van der Waals surface area contributed by atoms with Crippen LogP contribution in [0.1, 0.15) is 19.4 Å². The molecule has 0 aliphatic rings. The first-order valence-electron chi connectivity index (χ1n) is 6.97. The van der Waals surface area contributed by atoms with E-state index in [-0.39, 0.29) is 6.61 Å². The minimum Gasteiger partial charge on any atom is -0.459 e. The predicted molar refractivity (Wildman–Crippen MR) is 90.2 cm³/mol. The summed E-state index contributed by atoms with van der Waals surface area (Å²) >= 11 is 0. The number of ether oxygens (including phenoxy) is 1. The molecule has 0 amide bonds. The fourth-order valence-electron chi connectivity index (χ4n) is 1.70. The lowest BCUT2D eigenvalue weighted by molar-refractivity contribution is -0.142. The van der Waals surface area contributed by atoms with E-state index in [1.165, 1.54) is 0 Å². The fraction of sp³-hybridized carbons (Fsp3) is 0.211. The second-order valence-electron chi connectivity index (χ2n) is 5.18. The second-order valence-corrected chi connectivity index (χ2v) is 5.18. The molecule has 0 saturated carbocycles. The molecule has 0 spiro atoms.